The van der Waals surface area contributed by atoms with Gasteiger partial charge in [0.2, 0.25) is 0 Å². The number of aryl methyl sites for hydroxylation is 1. The highest BCUT2D eigenvalue weighted by Gasteiger charge is 2.17. The summed E-state index contributed by atoms with van der Waals surface area (Å²) in [5.41, 5.74) is 2.57. The molecule has 0 bridgehead atoms. The van der Waals surface area contributed by atoms with Crippen LogP contribution in [0.3, 0.4) is 0 Å². The number of aliphatic carboxylic acids is 1. The van der Waals surface area contributed by atoms with Gasteiger partial charge in [-0.05, 0) is 50.4 Å². The van der Waals surface area contributed by atoms with E-state index in [2.05, 4.69) is 25.6 Å². The number of aromatic nitrogens is 4. The van der Waals surface area contributed by atoms with E-state index in [0.717, 1.165) is 48.2 Å². The van der Waals surface area contributed by atoms with E-state index in [4.69, 9.17) is 5.11 Å². The number of hydrogen-bond donors (Lipinski definition) is 4. The molecule has 4 N–H and O–H groups in total. The lowest BCUT2D eigenvalue weighted by atomic mass is 10.1. The zero-order valence-corrected chi connectivity index (χ0v) is 18.1. The van der Waals surface area contributed by atoms with E-state index in [1.54, 1.807) is 0 Å². The molecule has 1 saturated heterocycles. The fourth-order valence-corrected chi connectivity index (χ4v) is 4.09. The van der Waals surface area contributed by atoms with Crippen molar-refractivity contribution in [2.24, 2.45) is 0 Å². The molecule has 1 atom stereocenters. The number of anilines is 1. The number of carboxylic acid groups (broad SMARTS) is 1. The molecule has 0 amide bonds. The summed E-state index contributed by atoms with van der Waals surface area (Å²) in [5, 5.41) is 15.5. The van der Waals surface area contributed by atoms with Crippen LogP contribution in [-0.4, -0.2) is 49.7 Å². The van der Waals surface area contributed by atoms with Gasteiger partial charge in [-0.25, -0.2) is 14.8 Å². The van der Waals surface area contributed by atoms with Crippen LogP contribution in [0, 0.1) is 6.92 Å². The highest BCUT2D eigenvalue weighted by atomic mass is 16.4. The van der Waals surface area contributed by atoms with Crippen molar-refractivity contribution in [3.63, 3.8) is 0 Å². The minimum absolute atomic E-state index is 0.132. The monoisotopic (exact) mass is 440 g/mol. The van der Waals surface area contributed by atoms with Crippen LogP contribution in [0.25, 0.3) is 22.2 Å². The van der Waals surface area contributed by atoms with Crippen LogP contribution in [0.1, 0.15) is 44.1 Å². The second-order valence-corrected chi connectivity index (χ2v) is 8.36. The van der Waals surface area contributed by atoms with Gasteiger partial charge in [0.05, 0.1) is 11.0 Å². The standard InChI is InChI=1S/C22H28N6O4/c1-13-10-16-17(11-15(13)24-14-7-8-23-12-14)26-20-19(25-16)21(31)28(22(32)27-20)9-5-3-2-4-6-18(29)30/h10-11,14,23-24H,2-9,12H2,1H3,(H,29,30)(H,26,27,32)/t14-/m1/s1. The Morgan fingerprint density at radius 2 is 1.97 bits per heavy atom. The number of benzene rings is 1. The Morgan fingerprint density at radius 3 is 2.72 bits per heavy atom. The molecule has 3 aromatic rings. The minimum Gasteiger partial charge on any atom is -0.481 e. The summed E-state index contributed by atoms with van der Waals surface area (Å²) in [5.74, 6) is -0.813. The zero-order chi connectivity index (χ0) is 22.7. The van der Waals surface area contributed by atoms with Gasteiger partial charge in [0.15, 0.2) is 11.2 Å². The van der Waals surface area contributed by atoms with Crippen LogP contribution in [0.5, 0.6) is 0 Å². The van der Waals surface area contributed by atoms with Crippen LogP contribution in [0.2, 0.25) is 0 Å². The van der Waals surface area contributed by atoms with Crippen molar-refractivity contribution in [1.29, 1.82) is 0 Å². The topological polar surface area (TPSA) is 142 Å². The van der Waals surface area contributed by atoms with Crippen LogP contribution in [0.15, 0.2) is 21.7 Å². The molecule has 1 aliphatic heterocycles. The Bertz CT molecular complexity index is 1260. The fourth-order valence-electron chi connectivity index (χ4n) is 4.09. The molecule has 0 spiro atoms. The lowest BCUT2D eigenvalue weighted by molar-refractivity contribution is -0.137. The Hall–Kier alpha value is -3.27. The van der Waals surface area contributed by atoms with Crippen LogP contribution >= 0.6 is 0 Å². The Kier molecular flexibility index (Phi) is 6.50. The van der Waals surface area contributed by atoms with Crippen molar-refractivity contribution in [3.8, 4) is 0 Å². The molecular weight excluding hydrogens is 412 g/mol. The number of nitrogens with one attached hydrogen (secondary N) is 3. The van der Waals surface area contributed by atoms with E-state index >= 15 is 0 Å². The van der Waals surface area contributed by atoms with Gasteiger partial charge in [0, 0.05) is 31.2 Å². The summed E-state index contributed by atoms with van der Waals surface area (Å²) in [7, 11) is 0. The summed E-state index contributed by atoms with van der Waals surface area (Å²) < 4.78 is 1.15. The quantitative estimate of drug-likeness (QED) is 0.291. The molecule has 1 aliphatic rings. The third kappa shape index (κ3) is 4.80. The number of unbranched alkanes of at least 4 members (excludes halogenated alkanes) is 3. The highest BCUT2D eigenvalue weighted by Crippen LogP contribution is 2.23. The molecule has 10 heteroatoms. The lowest BCUT2D eigenvalue weighted by Crippen LogP contribution is -2.35. The van der Waals surface area contributed by atoms with Crippen molar-refractivity contribution in [3.05, 3.63) is 38.5 Å². The molecule has 170 valence electrons. The molecule has 2 aromatic heterocycles. The molecule has 3 heterocycles. The van der Waals surface area contributed by atoms with Gasteiger partial charge in [0.25, 0.3) is 5.56 Å². The number of carboxylic acids is 1. The van der Waals surface area contributed by atoms with Crippen molar-refractivity contribution in [2.45, 2.75) is 58.0 Å². The first-order valence-corrected chi connectivity index (χ1v) is 11.1. The fraction of sp³-hybridized carbons (Fsp3) is 0.500. The smallest absolute Gasteiger partial charge is 0.330 e. The maximum absolute atomic E-state index is 12.9. The molecule has 0 aliphatic carbocycles. The van der Waals surface area contributed by atoms with Crippen molar-refractivity contribution in [1.82, 2.24) is 24.8 Å². The number of rotatable bonds is 9. The van der Waals surface area contributed by atoms with Crippen LogP contribution < -0.4 is 21.9 Å². The summed E-state index contributed by atoms with van der Waals surface area (Å²) in [6.07, 6.45) is 3.86. The van der Waals surface area contributed by atoms with Crippen molar-refractivity contribution in [2.75, 3.05) is 18.4 Å². The average Bonchev–Trinajstić information content (AvgIpc) is 3.25. The summed E-state index contributed by atoms with van der Waals surface area (Å²) in [6.45, 7) is 4.15. The van der Waals surface area contributed by atoms with E-state index < -0.39 is 17.2 Å². The summed E-state index contributed by atoms with van der Waals surface area (Å²) in [6, 6.07) is 4.18. The Balaban J connectivity index is 1.58. The number of carbonyl (C=O) groups is 1. The van der Waals surface area contributed by atoms with Gasteiger partial charge in [-0.1, -0.05) is 12.8 Å². The third-order valence-electron chi connectivity index (χ3n) is 5.87. The zero-order valence-electron chi connectivity index (χ0n) is 18.1. The van der Waals surface area contributed by atoms with E-state index in [0.29, 0.717) is 29.9 Å². The van der Waals surface area contributed by atoms with E-state index in [1.165, 1.54) is 0 Å². The first-order valence-electron chi connectivity index (χ1n) is 11.1. The minimum atomic E-state index is -0.813. The molecular formula is C22H28N6O4. The molecule has 10 nitrogen and oxygen atoms in total. The number of H-pyrrole nitrogens is 1. The number of hydrogen-bond acceptors (Lipinski definition) is 7. The lowest BCUT2D eigenvalue weighted by Gasteiger charge is -2.16. The highest BCUT2D eigenvalue weighted by molar-refractivity contribution is 5.87. The maximum Gasteiger partial charge on any atom is 0.330 e. The van der Waals surface area contributed by atoms with Crippen molar-refractivity contribution >= 4 is 33.9 Å². The van der Waals surface area contributed by atoms with Gasteiger partial charge >= 0.3 is 11.7 Å². The normalized spacial score (nSPS) is 16.1. The molecule has 0 radical (unpaired) electrons. The molecule has 1 aromatic carbocycles. The third-order valence-corrected chi connectivity index (χ3v) is 5.87. The SMILES string of the molecule is Cc1cc2nc3c(=O)n(CCCCCCC(=O)O)c(=O)[nH]c3nc2cc1N[C@@H]1CCNC1. The first-order chi connectivity index (χ1) is 15.4. The van der Waals surface area contributed by atoms with E-state index in [9.17, 15) is 14.4 Å². The largest absolute Gasteiger partial charge is 0.481 e. The van der Waals surface area contributed by atoms with Gasteiger partial charge < -0.3 is 15.7 Å². The molecule has 0 saturated carbocycles. The van der Waals surface area contributed by atoms with Crippen LogP contribution in [-0.2, 0) is 11.3 Å². The van der Waals surface area contributed by atoms with Crippen molar-refractivity contribution < 1.29 is 9.90 Å². The second-order valence-electron chi connectivity index (χ2n) is 8.36. The number of nitrogens with zero attached hydrogens (tertiary/aromatic N) is 3. The number of fused-ring (bicyclic) bond motifs is 2. The maximum atomic E-state index is 12.9. The van der Waals surface area contributed by atoms with E-state index in [-0.39, 0.29) is 24.1 Å². The molecule has 1 fully saturated rings. The van der Waals surface area contributed by atoms with Gasteiger partial charge in [-0.2, -0.15) is 0 Å². The van der Waals surface area contributed by atoms with Gasteiger partial charge in [-0.3, -0.25) is 19.1 Å². The van der Waals surface area contributed by atoms with E-state index in [1.807, 2.05) is 19.1 Å². The molecule has 4 rings (SSSR count). The number of aromatic amines is 1. The van der Waals surface area contributed by atoms with Gasteiger partial charge in [-0.15, -0.1) is 0 Å². The predicted octanol–water partition coefficient (Wildman–Crippen LogP) is 1.75. The second kappa shape index (κ2) is 9.47. The van der Waals surface area contributed by atoms with Gasteiger partial charge in [0.1, 0.15) is 0 Å². The summed E-state index contributed by atoms with van der Waals surface area (Å²) in [4.78, 5) is 47.7. The predicted molar refractivity (Wildman–Crippen MR) is 122 cm³/mol. The van der Waals surface area contributed by atoms with Crippen LogP contribution in [0.4, 0.5) is 5.69 Å². The molecule has 0 unspecified atom stereocenters. The first kappa shape index (κ1) is 21.9. The Labute approximate surface area is 184 Å². The summed E-state index contributed by atoms with van der Waals surface area (Å²) >= 11 is 0. The average molecular weight is 441 g/mol. The Morgan fingerprint density at radius 1 is 1.19 bits per heavy atom. The molecule has 32 heavy (non-hydrogen) atoms.